The molecule has 0 saturated carbocycles. The molecule has 6 heteroatoms. The number of benzene rings is 1. The average molecular weight is 297 g/mol. The van der Waals surface area contributed by atoms with Crippen LogP contribution in [0.15, 0.2) is 33.2 Å². The van der Waals surface area contributed by atoms with Gasteiger partial charge in [-0.1, -0.05) is 28.1 Å². The first kappa shape index (κ1) is 11.8. The zero-order chi connectivity index (χ0) is 12.3. The second-order valence-electron chi connectivity index (χ2n) is 3.30. The molecule has 2 rings (SSSR count). The fraction of sp³-hybridized carbons (Fsp3) is 0.182. The van der Waals surface area contributed by atoms with Crippen molar-refractivity contribution >= 4 is 21.9 Å². The number of aromatic nitrogens is 2. The number of carbonyl (C=O) groups excluding carboxylic acids is 1. The molecular formula is C11H9BrN2O3. The normalized spacial score (nSPS) is 10.2. The summed E-state index contributed by atoms with van der Waals surface area (Å²) in [7, 11) is 1.26. The summed E-state index contributed by atoms with van der Waals surface area (Å²) in [5, 5.41) is 7.37. The number of esters is 1. The van der Waals surface area contributed by atoms with Crippen LogP contribution < -0.4 is 0 Å². The third-order valence-electron chi connectivity index (χ3n) is 2.10. The molecular weight excluding hydrogens is 288 g/mol. The summed E-state index contributed by atoms with van der Waals surface area (Å²) in [6.45, 7) is 0. The van der Waals surface area contributed by atoms with E-state index in [-0.39, 0.29) is 5.89 Å². The minimum absolute atomic E-state index is 0.125. The molecule has 0 aliphatic carbocycles. The predicted octanol–water partition coefficient (Wildman–Crippen LogP) is 2.21. The highest BCUT2D eigenvalue weighted by Gasteiger charge is 2.14. The molecule has 88 valence electrons. The van der Waals surface area contributed by atoms with Gasteiger partial charge < -0.3 is 9.15 Å². The molecule has 0 atom stereocenters. The van der Waals surface area contributed by atoms with Crippen LogP contribution in [-0.4, -0.2) is 23.3 Å². The molecule has 2 aromatic rings. The molecule has 1 heterocycles. The lowest BCUT2D eigenvalue weighted by Gasteiger charge is -1.96. The molecule has 5 nitrogen and oxygen atoms in total. The summed E-state index contributed by atoms with van der Waals surface area (Å²) in [6, 6.07) is 7.72. The zero-order valence-corrected chi connectivity index (χ0v) is 10.6. The van der Waals surface area contributed by atoms with Gasteiger partial charge in [-0.3, -0.25) is 0 Å². The van der Waals surface area contributed by atoms with E-state index in [9.17, 15) is 4.79 Å². The summed E-state index contributed by atoms with van der Waals surface area (Å²) in [5.41, 5.74) is 1.02. The third-order valence-corrected chi connectivity index (χ3v) is 2.62. The fourth-order valence-electron chi connectivity index (χ4n) is 1.27. The monoisotopic (exact) mass is 296 g/mol. The van der Waals surface area contributed by atoms with E-state index in [1.165, 1.54) is 7.11 Å². The SMILES string of the molecule is COC(=O)c1nnc(Cc2ccc(Br)cc2)o1. The standard InChI is InChI=1S/C11H9BrN2O3/c1-16-11(15)10-14-13-9(17-10)6-7-2-4-8(12)5-3-7/h2-5H,6H2,1H3. The molecule has 0 radical (unpaired) electrons. The second kappa shape index (κ2) is 5.09. The van der Waals surface area contributed by atoms with Crippen molar-refractivity contribution in [3.8, 4) is 0 Å². The highest BCUT2D eigenvalue weighted by molar-refractivity contribution is 9.10. The molecule has 0 amide bonds. The topological polar surface area (TPSA) is 65.2 Å². The van der Waals surface area contributed by atoms with E-state index < -0.39 is 5.97 Å². The molecule has 17 heavy (non-hydrogen) atoms. The van der Waals surface area contributed by atoms with Crippen LogP contribution in [0.4, 0.5) is 0 Å². The fourth-order valence-corrected chi connectivity index (χ4v) is 1.54. The van der Waals surface area contributed by atoms with Gasteiger partial charge in [0.15, 0.2) is 0 Å². The van der Waals surface area contributed by atoms with E-state index in [4.69, 9.17) is 4.42 Å². The van der Waals surface area contributed by atoms with Crippen LogP contribution in [0.5, 0.6) is 0 Å². The number of halogens is 1. The first-order valence-electron chi connectivity index (χ1n) is 4.84. The van der Waals surface area contributed by atoms with Crippen LogP contribution >= 0.6 is 15.9 Å². The molecule has 0 saturated heterocycles. The van der Waals surface area contributed by atoms with E-state index in [0.29, 0.717) is 12.3 Å². The van der Waals surface area contributed by atoms with Crippen molar-refractivity contribution in [2.75, 3.05) is 7.11 Å². The number of ether oxygens (including phenoxy) is 1. The van der Waals surface area contributed by atoms with Gasteiger partial charge >= 0.3 is 11.9 Å². The third kappa shape index (κ3) is 2.91. The van der Waals surface area contributed by atoms with Crippen molar-refractivity contribution < 1.29 is 13.9 Å². The Morgan fingerprint density at radius 3 is 2.71 bits per heavy atom. The summed E-state index contributed by atoms with van der Waals surface area (Å²) < 4.78 is 10.6. The second-order valence-corrected chi connectivity index (χ2v) is 4.21. The van der Waals surface area contributed by atoms with Gasteiger partial charge in [0.1, 0.15) is 0 Å². The minimum atomic E-state index is -0.625. The molecule has 0 fully saturated rings. The Morgan fingerprint density at radius 1 is 1.35 bits per heavy atom. The summed E-state index contributed by atoms with van der Waals surface area (Å²) in [4.78, 5) is 11.1. The number of methoxy groups -OCH3 is 1. The van der Waals surface area contributed by atoms with Crippen LogP contribution in [0.25, 0.3) is 0 Å². The van der Waals surface area contributed by atoms with Crippen LogP contribution in [0.2, 0.25) is 0 Å². The van der Waals surface area contributed by atoms with Crippen molar-refractivity contribution in [3.05, 3.63) is 46.1 Å². The van der Waals surface area contributed by atoms with Gasteiger partial charge in [0, 0.05) is 4.47 Å². The average Bonchev–Trinajstić information content (AvgIpc) is 2.80. The Labute approximate surface area is 106 Å². The van der Waals surface area contributed by atoms with Crippen molar-refractivity contribution in [1.29, 1.82) is 0 Å². The summed E-state index contributed by atoms with van der Waals surface area (Å²) >= 11 is 3.35. The van der Waals surface area contributed by atoms with Gasteiger partial charge in [0.2, 0.25) is 5.89 Å². The summed E-state index contributed by atoms with van der Waals surface area (Å²) in [5.74, 6) is -0.369. The van der Waals surface area contributed by atoms with Gasteiger partial charge in [-0.25, -0.2) is 4.79 Å². The molecule has 0 aliphatic rings. The van der Waals surface area contributed by atoms with Gasteiger partial charge in [-0.15, -0.1) is 10.2 Å². The maximum atomic E-state index is 11.1. The van der Waals surface area contributed by atoms with Crippen molar-refractivity contribution in [1.82, 2.24) is 10.2 Å². The predicted molar refractivity (Wildman–Crippen MR) is 62.6 cm³/mol. The van der Waals surface area contributed by atoms with Crippen LogP contribution in [0, 0.1) is 0 Å². The Morgan fingerprint density at radius 2 is 2.06 bits per heavy atom. The van der Waals surface area contributed by atoms with Crippen LogP contribution in [0.3, 0.4) is 0 Å². The quantitative estimate of drug-likeness (QED) is 0.813. The first-order valence-corrected chi connectivity index (χ1v) is 5.63. The maximum absolute atomic E-state index is 11.1. The van der Waals surface area contributed by atoms with Gasteiger partial charge in [-0.2, -0.15) is 0 Å². The Balaban J connectivity index is 2.11. The first-order chi connectivity index (χ1) is 8.19. The van der Waals surface area contributed by atoms with Crippen molar-refractivity contribution in [3.63, 3.8) is 0 Å². The molecule has 0 bridgehead atoms. The lowest BCUT2D eigenvalue weighted by atomic mass is 10.1. The largest absolute Gasteiger partial charge is 0.462 e. The zero-order valence-electron chi connectivity index (χ0n) is 9.01. The Bertz CT molecular complexity index is 522. The number of carbonyl (C=O) groups is 1. The number of hydrogen-bond acceptors (Lipinski definition) is 5. The maximum Gasteiger partial charge on any atom is 0.396 e. The van der Waals surface area contributed by atoms with Gasteiger partial charge in [-0.05, 0) is 17.7 Å². The smallest absolute Gasteiger partial charge is 0.396 e. The van der Waals surface area contributed by atoms with E-state index in [0.717, 1.165) is 10.0 Å². The highest BCUT2D eigenvalue weighted by atomic mass is 79.9. The van der Waals surface area contributed by atoms with Gasteiger partial charge in [0.05, 0.1) is 13.5 Å². The number of hydrogen-bond donors (Lipinski definition) is 0. The molecule has 0 N–H and O–H groups in total. The number of rotatable bonds is 3. The molecule has 1 aromatic carbocycles. The van der Waals surface area contributed by atoms with Crippen molar-refractivity contribution in [2.45, 2.75) is 6.42 Å². The minimum Gasteiger partial charge on any atom is -0.462 e. The molecule has 1 aromatic heterocycles. The molecule has 0 spiro atoms. The summed E-state index contributed by atoms with van der Waals surface area (Å²) in [6.07, 6.45) is 0.483. The molecule has 0 aliphatic heterocycles. The van der Waals surface area contributed by atoms with Crippen molar-refractivity contribution in [2.24, 2.45) is 0 Å². The Kier molecular flexibility index (Phi) is 3.53. The van der Waals surface area contributed by atoms with Crippen LogP contribution in [0.1, 0.15) is 22.1 Å². The lowest BCUT2D eigenvalue weighted by Crippen LogP contribution is -2.00. The number of nitrogens with zero attached hydrogens (tertiary/aromatic N) is 2. The van der Waals surface area contributed by atoms with Gasteiger partial charge in [0.25, 0.3) is 0 Å². The van der Waals surface area contributed by atoms with E-state index in [2.05, 4.69) is 30.9 Å². The molecule has 0 unspecified atom stereocenters. The van der Waals surface area contributed by atoms with E-state index in [1.807, 2.05) is 24.3 Å². The highest BCUT2D eigenvalue weighted by Crippen LogP contribution is 2.13. The lowest BCUT2D eigenvalue weighted by molar-refractivity contribution is 0.0554. The Hall–Kier alpha value is -1.69. The van der Waals surface area contributed by atoms with Crippen LogP contribution in [-0.2, 0) is 11.2 Å². The van der Waals surface area contributed by atoms with E-state index in [1.54, 1.807) is 0 Å². The van der Waals surface area contributed by atoms with E-state index >= 15 is 0 Å².